The minimum absolute atomic E-state index is 0.0174. The molecule has 2 amide bonds. The Balaban J connectivity index is 1.29. The molecule has 1 heterocycles. The van der Waals surface area contributed by atoms with Crippen LogP contribution in [0.3, 0.4) is 0 Å². The summed E-state index contributed by atoms with van der Waals surface area (Å²) in [6.07, 6.45) is 10.7. The summed E-state index contributed by atoms with van der Waals surface area (Å²) in [6, 6.07) is 14.7. The van der Waals surface area contributed by atoms with Gasteiger partial charge in [-0.1, -0.05) is 74.2 Å². The van der Waals surface area contributed by atoms with Gasteiger partial charge >= 0.3 is 0 Å². The van der Waals surface area contributed by atoms with Crippen LogP contribution in [0.25, 0.3) is 0 Å². The molecule has 204 valence electrons. The van der Waals surface area contributed by atoms with E-state index in [2.05, 4.69) is 18.3 Å². The van der Waals surface area contributed by atoms with Crippen molar-refractivity contribution in [3.05, 3.63) is 70.2 Å². The highest BCUT2D eigenvalue weighted by molar-refractivity contribution is 6.30. The van der Waals surface area contributed by atoms with Crippen molar-refractivity contribution in [2.45, 2.75) is 83.2 Å². The fourth-order valence-corrected chi connectivity index (χ4v) is 7.22. The second-order valence-corrected chi connectivity index (χ2v) is 12.5. The van der Waals surface area contributed by atoms with Gasteiger partial charge in [0.25, 0.3) is 0 Å². The molecular weight excluding hydrogens is 494 g/mol. The number of carbonyl (C=O) groups excluding carboxylic acids is 2. The van der Waals surface area contributed by atoms with Crippen molar-refractivity contribution in [2.75, 3.05) is 13.1 Å². The van der Waals surface area contributed by atoms with Crippen molar-refractivity contribution in [1.29, 1.82) is 0 Å². The maximum atomic E-state index is 13.9. The van der Waals surface area contributed by atoms with E-state index in [4.69, 9.17) is 17.3 Å². The van der Waals surface area contributed by atoms with Gasteiger partial charge in [-0.2, -0.15) is 0 Å². The lowest BCUT2D eigenvalue weighted by atomic mass is 9.65. The van der Waals surface area contributed by atoms with E-state index in [9.17, 15) is 9.59 Å². The summed E-state index contributed by atoms with van der Waals surface area (Å²) in [5.41, 5.74) is 10.1. The summed E-state index contributed by atoms with van der Waals surface area (Å²) in [6.45, 7) is 3.95. The quantitative estimate of drug-likeness (QED) is 0.488. The van der Waals surface area contributed by atoms with Crippen molar-refractivity contribution < 1.29 is 9.59 Å². The van der Waals surface area contributed by atoms with E-state index < -0.39 is 6.04 Å². The molecule has 0 radical (unpaired) electrons. The topological polar surface area (TPSA) is 75.4 Å². The molecule has 5 nitrogen and oxygen atoms in total. The Morgan fingerprint density at radius 2 is 1.71 bits per heavy atom. The number of benzene rings is 2. The highest BCUT2D eigenvalue weighted by Gasteiger charge is 2.40. The zero-order valence-electron chi connectivity index (χ0n) is 22.6. The summed E-state index contributed by atoms with van der Waals surface area (Å²) in [5.74, 6) is 0.322. The van der Waals surface area contributed by atoms with E-state index >= 15 is 0 Å². The lowest BCUT2D eigenvalue weighted by Gasteiger charge is -2.46. The number of amides is 2. The number of fused-ring (bicyclic) bond motifs is 1. The average molecular weight is 536 g/mol. The molecule has 3 aliphatic rings. The van der Waals surface area contributed by atoms with Crippen LogP contribution in [0.4, 0.5) is 0 Å². The third-order valence-corrected chi connectivity index (χ3v) is 9.94. The number of carbonyl (C=O) groups is 2. The lowest BCUT2D eigenvalue weighted by Crippen LogP contribution is -2.55. The predicted octanol–water partition coefficient (Wildman–Crippen LogP) is 5.84. The molecule has 1 saturated heterocycles. The van der Waals surface area contributed by atoms with Crippen LogP contribution in [0.15, 0.2) is 48.5 Å². The second-order valence-electron chi connectivity index (χ2n) is 12.1. The van der Waals surface area contributed by atoms with E-state index in [1.807, 2.05) is 47.4 Å². The fourth-order valence-electron chi connectivity index (χ4n) is 7.09. The third-order valence-electron chi connectivity index (χ3n) is 9.68. The van der Waals surface area contributed by atoms with Crippen LogP contribution in [-0.4, -0.2) is 35.8 Å². The maximum absolute atomic E-state index is 13.9. The second kappa shape index (κ2) is 11.8. The number of rotatable bonds is 6. The minimum atomic E-state index is -0.618. The van der Waals surface area contributed by atoms with Gasteiger partial charge in [0.1, 0.15) is 6.04 Å². The molecule has 1 unspecified atom stereocenters. The standard InChI is InChI=1S/C32H42ClN3O2/c1-32(24-8-3-2-4-9-24)17-19-36(20-18-32)31(38)28(21-22-11-14-25(33)15-12-22)35-30(37)27-16-13-23-7-5-6-10-26(23)29(27)34/h5-7,10-12,14-15,24,27-29H,2-4,8-9,13,16-21,34H2,1H3,(H,35,37)/t27-,28?,29+/m1/s1. The van der Waals surface area contributed by atoms with E-state index in [-0.39, 0.29) is 23.8 Å². The van der Waals surface area contributed by atoms with E-state index in [1.54, 1.807) is 0 Å². The SMILES string of the molecule is CC1(C2CCCCC2)CCN(C(=O)C(Cc2ccc(Cl)cc2)NC(=O)[C@@H]2CCc3ccccc3[C@@H]2N)CC1. The Bertz CT molecular complexity index is 1120. The number of halogens is 1. The number of piperidine rings is 1. The van der Waals surface area contributed by atoms with Gasteiger partial charge in [-0.05, 0) is 78.7 Å². The molecule has 0 aromatic heterocycles. The lowest BCUT2D eigenvalue weighted by molar-refractivity contribution is -0.140. The molecule has 2 aromatic carbocycles. The molecule has 5 rings (SSSR count). The van der Waals surface area contributed by atoms with Crippen LogP contribution < -0.4 is 11.1 Å². The van der Waals surface area contributed by atoms with Gasteiger partial charge in [0.15, 0.2) is 0 Å². The average Bonchev–Trinajstić information content (AvgIpc) is 2.94. The van der Waals surface area contributed by atoms with Gasteiger partial charge in [0.2, 0.25) is 11.8 Å². The van der Waals surface area contributed by atoms with Crippen LogP contribution in [0, 0.1) is 17.3 Å². The van der Waals surface area contributed by atoms with E-state index in [1.165, 1.54) is 37.7 Å². The number of aryl methyl sites for hydroxylation is 1. The van der Waals surface area contributed by atoms with Crippen molar-refractivity contribution >= 4 is 23.4 Å². The van der Waals surface area contributed by atoms with Crippen LogP contribution in [0.2, 0.25) is 5.02 Å². The van der Waals surface area contributed by atoms with Crippen molar-refractivity contribution in [3.63, 3.8) is 0 Å². The molecule has 0 bridgehead atoms. The monoisotopic (exact) mass is 535 g/mol. The van der Waals surface area contributed by atoms with Crippen LogP contribution in [-0.2, 0) is 22.4 Å². The molecule has 2 fully saturated rings. The molecule has 3 N–H and O–H groups in total. The Morgan fingerprint density at radius 1 is 1.03 bits per heavy atom. The Hall–Kier alpha value is -2.37. The first-order chi connectivity index (χ1) is 18.3. The van der Waals surface area contributed by atoms with Gasteiger partial charge < -0.3 is 16.0 Å². The maximum Gasteiger partial charge on any atom is 0.245 e. The molecule has 0 spiro atoms. The molecule has 2 aliphatic carbocycles. The van der Waals surface area contributed by atoms with Gasteiger partial charge in [-0.25, -0.2) is 0 Å². The van der Waals surface area contributed by atoms with E-state index in [0.29, 0.717) is 23.3 Å². The number of hydrogen-bond donors (Lipinski definition) is 2. The molecule has 6 heteroatoms. The first-order valence-corrected chi connectivity index (χ1v) is 14.9. The summed E-state index contributed by atoms with van der Waals surface area (Å²) in [7, 11) is 0. The third kappa shape index (κ3) is 5.94. The molecule has 2 aromatic rings. The number of nitrogens with two attached hydrogens (primary N) is 1. The summed E-state index contributed by atoms with van der Waals surface area (Å²) in [5, 5.41) is 3.81. The molecule has 38 heavy (non-hydrogen) atoms. The number of likely N-dealkylation sites (tertiary alicyclic amines) is 1. The zero-order chi connectivity index (χ0) is 26.7. The van der Waals surface area contributed by atoms with Crippen LogP contribution in [0.1, 0.15) is 81.0 Å². The normalized spacial score (nSPS) is 24.3. The number of hydrogen-bond acceptors (Lipinski definition) is 3. The van der Waals surface area contributed by atoms with Gasteiger partial charge in [0, 0.05) is 30.6 Å². The molecule has 3 atom stereocenters. The zero-order valence-corrected chi connectivity index (χ0v) is 23.4. The van der Waals surface area contributed by atoms with Crippen LogP contribution in [0.5, 0.6) is 0 Å². The Kier molecular flexibility index (Phi) is 8.44. The van der Waals surface area contributed by atoms with Crippen LogP contribution >= 0.6 is 11.6 Å². The summed E-state index contributed by atoms with van der Waals surface area (Å²) in [4.78, 5) is 29.5. The van der Waals surface area contributed by atoms with Crippen molar-refractivity contribution in [1.82, 2.24) is 10.2 Å². The highest BCUT2D eigenvalue weighted by atomic mass is 35.5. The highest BCUT2D eigenvalue weighted by Crippen LogP contribution is 2.45. The summed E-state index contributed by atoms with van der Waals surface area (Å²) < 4.78 is 0. The first-order valence-electron chi connectivity index (χ1n) is 14.5. The first kappa shape index (κ1) is 27.2. The Morgan fingerprint density at radius 3 is 2.42 bits per heavy atom. The van der Waals surface area contributed by atoms with Crippen molar-refractivity contribution in [2.24, 2.45) is 23.0 Å². The van der Waals surface area contributed by atoms with E-state index in [0.717, 1.165) is 49.4 Å². The fraction of sp³-hybridized carbons (Fsp3) is 0.562. The van der Waals surface area contributed by atoms with Crippen molar-refractivity contribution in [3.8, 4) is 0 Å². The molecular formula is C32H42ClN3O2. The minimum Gasteiger partial charge on any atom is -0.344 e. The molecule has 1 saturated carbocycles. The Labute approximate surface area is 232 Å². The van der Waals surface area contributed by atoms with Gasteiger partial charge in [-0.3, -0.25) is 9.59 Å². The largest absolute Gasteiger partial charge is 0.344 e. The van der Waals surface area contributed by atoms with Gasteiger partial charge in [-0.15, -0.1) is 0 Å². The number of nitrogens with zero attached hydrogens (tertiary/aromatic N) is 1. The summed E-state index contributed by atoms with van der Waals surface area (Å²) >= 11 is 6.11. The predicted molar refractivity (Wildman–Crippen MR) is 153 cm³/mol. The van der Waals surface area contributed by atoms with Gasteiger partial charge in [0.05, 0.1) is 5.92 Å². The molecule has 1 aliphatic heterocycles. The smallest absolute Gasteiger partial charge is 0.245 e. The number of nitrogens with one attached hydrogen (secondary N) is 1.